The molecule has 3 rings (SSSR count). The van der Waals surface area contributed by atoms with Crippen LogP contribution in [0.5, 0.6) is 5.75 Å². The fourth-order valence-electron chi connectivity index (χ4n) is 3.52. The van der Waals surface area contributed by atoms with Crippen LogP contribution in [0.2, 0.25) is 0 Å². The zero-order chi connectivity index (χ0) is 22.1. The van der Waals surface area contributed by atoms with Crippen molar-refractivity contribution >= 4 is 21.6 Å². The van der Waals surface area contributed by atoms with Crippen LogP contribution in [0.25, 0.3) is 0 Å². The Balaban J connectivity index is 1.58. The van der Waals surface area contributed by atoms with Crippen LogP contribution in [0.4, 0.5) is 5.69 Å². The third kappa shape index (κ3) is 7.05. The minimum atomic E-state index is -3.57. The smallest absolute Gasteiger partial charge is 0.255 e. The van der Waals surface area contributed by atoms with E-state index in [0.29, 0.717) is 36.8 Å². The maximum Gasteiger partial charge on any atom is 0.255 e. The molecule has 0 radical (unpaired) electrons. The van der Waals surface area contributed by atoms with Crippen molar-refractivity contribution in [2.75, 3.05) is 25.1 Å². The number of carbonyl (C=O) groups is 1. The average Bonchev–Trinajstić information content (AvgIpc) is 2.78. The second-order valence-corrected chi connectivity index (χ2v) is 9.22. The Morgan fingerprint density at radius 1 is 1.03 bits per heavy atom. The van der Waals surface area contributed by atoms with Crippen LogP contribution < -0.4 is 14.8 Å². The molecular weight excluding hydrogens is 416 g/mol. The van der Waals surface area contributed by atoms with Gasteiger partial charge in [-0.25, -0.2) is 13.1 Å². The lowest BCUT2D eigenvalue weighted by molar-refractivity contribution is 0.102. The van der Waals surface area contributed by atoms with E-state index in [1.54, 1.807) is 36.4 Å². The first-order valence-corrected chi connectivity index (χ1v) is 12.2. The second kappa shape index (κ2) is 11.3. The van der Waals surface area contributed by atoms with Gasteiger partial charge in [0.2, 0.25) is 10.0 Å². The van der Waals surface area contributed by atoms with Gasteiger partial charge in [-0.05, 0) is 62.2 Å². The Hall–Kier alpha value is -2.42. The predicted octanol–water partition coefficient (Wildman–Crippen LogP) is 3.97. The highest BCUT2D eigenvalue weighted by Gasteiger charge is 2.21. The molecule has 2 aromatic rings. The molecule has 0 aromatic heterocycles. The Morgan fingerprint density at radius 3 is 2.48 bits per heavy atom. The Labute approximate surface area is 184 Å². The number of carbonyl (C=O) groups excluding carboxylic acids is 1. The van der Waals surface area contributed by atoms with Crippen LogP contribution in [-0.2, 0) is 14.8 Å². The van der Waals surface area contributed by atoms with Crippen LogP contribution in [-0.4, -0.2) is 40.2 Å². The summed E-state index contributed by atoms with van der Waals surface area (Å²) in [5, 5.41) is 2.79. The summed E-state index contributed by atoms with van der Waals surface area (Å²) >= 11 is 0. The first-order chi connectivity index (χ1) is 15.0. The number of amides is 1. The Kier molecular flexibility index (Phi) is 8.45. The van der Waals surface area contributed by atoms with E-state index >= 15 is 0 Å². The molecule has 1 fully saturated rings. The largest absolute Gasteiger partial charge is 0.491 e. The van der Waals surface area contributed by atoms with Crippen molar-refractivity contribution in [2.45, 2.75) is 50.0 Å². The molecule has 0 saturated heterocycles. The van der Waals surface area contributed by atoms with E-state index < -0.39 is 10.0 Å². The number of ether oxygens (including phenoxy) is 2. The molecular formula is C23H30N2O5S. The van der Waals surface area contributed by atoms with Gasteiger partial charge in [0, 0.05) is 23.9 Å². The van der Waals surface area contributed by atoms with Gasteiger partial charge in [-0.2, -0.15) is 0 Å². The van der Waals surface area contributed by atoms with Crippen molar-refractivity contribution in [1.82, 2.24) is 4.72 Å². The number of hydrogen-bond donors (Lipinski definition) is 2. The predicted molar refractivity (Wildman–Crippen MR) is 120 cm³/mol. The lowest BCUT2D eigenvalue weighted by Crippen LogP contribution is -2.36. The quantitative estimate of drug-likeness (QED) is 0.539. The lowest BCUT2D eigenvalue weighted by Gasteiger charge is -2.22. The van der Waals surface area contributed by atoms with Crippen molar-refractivity contribution in [2.24, 2.45) is 0 Å². The standard InChI is InChI=1S/C23H30N2O5S/c1-2-29-15-16-30-21-10-6-7-18(17-21)23(26)24-19-11-13-22(14-12-19)31(27,28)25-20-8-4-3-5-9-20/h6-7,10-14,17,20,25H,2-5,8-9,15-16H2,1H3,(H,24,26). The molecule has 0 unspecified atom stereocenters. The monoisotopic (exact) mass is 446 g/mol. The first-order valence-electron chi connectivity index (χ1n) is 10.7. The molecule has 8 heteroatoms. The summed E-state index contributed by atoms with van der Waals surface area (Å²) in [6.07, 6.45) is 5.02. The van der Waals surface area contributed by atoms with Gasteiger partial charge in [-0.3, -0.25) is 4.79 Å². The fraction of sp³-hybridized carbons (Fsp3) is 0.435. The van der Waals surface area contributed by atoms with Crippen LogP contribution >= 0.6 is 0 Å². The van der Waals surface area contributed by atoms with Crippen LogP contribution in [0.15, 0.2) is 53.4 Å². The van der Waals surface area contributed by atoms with Gasteiger partial charge in [-0.1, -0.05) is 25.3 Å². The van der Waals surface area contributed by atoms with Crippen molar-refractivity contribution in [1.29, 1.82) is 0 Å². The fourth-order valence-corrected chi connectivity index (χ4v) is 4.82. The summed E-state index contributed by atoms with van der Waals surface area (Å²) in [5.41, 5.74) is 0.967. The molecule has 31 heavy (non-hydrogen) atoms. The van der Waals surface area contributed by atoms with Gasteiger partial charge in [0.05, 0.1) is 11.5 Å². The molecule has 2 aromatic carbocycles. The van der Waals surface area contributed by atoms with E-state index in [4.69, 9.17) is 9.47 Å². The van der Waals surface area contributed by atoms with E-state index in [2.05, 4.69) is 10.0 Å². The summed E-state index contributed by atoms with van der Waals surface area (Å²) in [6.45, 7) is 3.43. The van der Waals surface area contributed by atoms with E-state index in [-0.39, 0.29) is 16.8 Å². The van der Waals surface area contributed by atoms with Gasteiger partial charge in [-0.15, -0.1) is 0 Å². The molecule has 1 amide bonds. The van der Waals surface area contributed by atoms with Crippen molar-refractivity contribution in [3.05, 3.63) is 54.1 Å². The van der Waals surface area contributed by atoms with Gasteiger partial charge >= 0.3 is 0 Å². The van der Waals surface area contributed by atoms with Crippen LogP contribution in [0, 0.1) is 0 Å². The highest BCUT2D eigenvalue weighted by atomic mass is 32.2. The Morgan fingerprint density at radius 2 is 1.77 bits per heavy atom. The zero-order valence-corrected chi connectivity index (χ0v) is 18.6. The third-order valence-electron chi connectivity index (χ3n) is 5.15. The topological polar surface area (TPSA) is 93.7 Å². The zero-order valence-electron chi connectivity index (χ0n) is 17.8. The molecule has 0 bridgehead atoms. The molecule has 1 aliphatic carbocycles. The third-order valence-corrected chi connectivity index (χ3v) is 6.68. The van der Waals surface area contributed by atoms with Gasteiger partial charge in [0.15, 0.2) is 0 Å². The SMILES string of the molecule is CCOCCOc1cccc(C(=O)Nc2ccc(S(=O)(=O)NC3CCCCC3)cc2)c1. The summed E-state index contributed by atoms with van der Waals surface area (Å²) in [6, 6.07) is 13.1. The molecule has 7 nitrogen and oxygen atoms in total. The highest BCUT2D eigenvalue weighted by molar-refractivity contribution is 7.89. The minimum absolute atomic E-state index is 0.00107. The maximum absolute atomic E-state index is 12.6. The Bertz CT molecular complexity index is 954. The summed E-state index contributed by atoms with van der Waals surface area (Å²) in [5.74, 6) is 0.286. The second-order valence-electron chi connectivity index (χ2n) is 7.51. The minimum Gasteiger partial charge on any atom is -0.491 e. The van der Waals surface area contributed by atoms with Gasteiger partial charge in [0.1, 0.15) is 12.4 Å². The number of nitrogens with one attached hydrogen (secondary N) is 2. The van der Waals surface area contributed by atoms with Crippen molar-refractivity contribution in [3.63, 3.8) is 0 Å². The molecule has 2 N–H and O–H groups in total. The number of sulfonamides is 1. The van der Waals surface area contributed by atoms with E-state index in [1.165, 1.54) is 12.1 Å². The molecule has 0 heterocycles. The summed E-state index contributed by atoms with van der Waals surface area (Å²) < 4.78 is 38.8. The maximum atomic E-state index is 12.6. The summed E-state index contributed by atoms with van der Waals surface area (Å²) in [7, 11) is -3.57. The molecule has 0 spiro atoms. The number of anilines is 1. The number of rotatable bonds is 10. The molecule has 0 atom stereocenters. The van der Waals surface area contributed by atoms with Crippen molar-refractivity contribution in [3.8, 4) is 5.75 Å². The van der Waals surface area contributed by atoms with Crippen LogP contribution in [0.1, 0.15) is 49.4 Å². The number of hydrogen-bond acceptors (Lipinski definition) is 5. The van der Waals surface area contributed by atoms with Gasteiger partial charge < -0.3 is 14.8 Å². The van der Waals surface area contributed by atoms with E-state index in [9.17, 15) is 13.2 Å². The van der Waals surface area contributed by atoms with Crippen molar-refractivity contribution < 1.29 is 22.7 Å². The molecule has 168 valence electrons. The number of benzene rings is 2. The lowest BCUT2D eigenvalue weighted by atomic mass is 9.96. The van der Waals surface area contributed by atoms with Gasteiger partial charge in [0.25, 0.3) is 5.91 Å². The molecule has 1 saturated carbocycles. The van der Waals surface area contributed by atoms with E-state index in [0.717, 1.165) is 32.1 Å². The first kappa shape index (κ1) is 23.2. The molecule has 0 aliphatic heterocycles. The average molecular weight is 447 g/mol. The van der Waals surface area contributed by atoms with E-state index in [1.807, 2.05) is 6.92 Å². The normalized spacial score (nSPS) is 14.9. The van der Waals surface area contributed by atoms with Crippen LogP contribution in [0.3, 0.4) is 0 Å². The highest BCUT2D eigenvalue weighted by Crippen LogP contribution is 2.21. The summed E-state index contributed by atoms with van der Waals surface area (Å²) in [4.78, 5) is 12.8. The molecule has 1 aliphatic rings.